The molecule has 0 amide bonds. The minimum absolute atomic E-state index is 0.0545. The Kier molecular flexibility index (Phi) is 4.62. The molecule has 0 bridgehead atoms. The quantitative estimate of drug-likeness (QED) is 0.885. The fourth-order valence-electron chi connectivity index (χ4n) is 3.57. The molecule has 0 saturated heterocycles. The minimum atomic E-state index is -3.58. The van der Waals surface area contributed by atoms with Crippen LogP contribution in [0.5, 0.6) is 11.5 Å². The SMILES string of the molecule is Cc1cnn(C2CCC(NS(=O)(=O)c3ccc4c(c3)OCCO4)CC2)c1. The van der Waals surface area contributed by atoms with Crippen LogP contribution in [0.2, 0.25) is 0 Å². The third-order valence-corrected chi connectivity index (χ3v) is 6.47. The van der Waals surface area contributed by atoms with E-state index in [4.69, 9.17) is 9.47 Å². The van der Waals surface area contributed by atoms with Gasteiger partial charge in [-0.3, -0.25) is 4.68 Å². The van der Waals surface area contributed by atoms with Crippen LogP contribution in [-0.2, 0) is 10.0 Å². The average molecular weight is 377 g/mol. The number of hydrogen-bond acceptors (Lipinski definition) is 5. The Morgan fingerprint density at radius 1 is 1.12 bits per heavy atom. The Morgan fingerprint density at radius 3 is 2.54 bits per heavy atom. The van der Waals surface area contributed by atoms with Gasteiger partial charge in [0, 0.05) is 18.3 Å². The molecular formula is C18H23N3O4S. The summed E-state index contributed by atoms with van der Waals surface area (Å²) in [5.41, 5.74) is 1.14. The van der Waals surface area contributed by atoms with Crippen molar-refractivity contribution in [2.45, 2.75) is 49.6 Å². The molecule has 0 spiro atoms. The Morgan fingerprint density at radius 2 is 1.85 bits per heavy atom. The number of ether oxygens (including phenoxy) is 2. The van der Waals surface area contributed by atoms with E-state index in [1.807, 2.05) is 24.0 Å². The number of nitrogens with zero attached hydrogens (tertiary/aromatic N) is 2. The van der Waals surface area contributed by atoms with Gasteiger partial charge in [-0.25, -0.2) is 13.1 Å². The van der Waals surface area contributed by atoms with Gasteiger partial charge in [0.05, 0.1) is 17.1 Å². The molecule has 0 unspecified atom stereocenters. The molecule has 1 aliphatic carbocycles. The number of aromatic nitrogens is 2. The average Bonchev–Trinajstić information content (AvgIpc) is 3.08. The highest BCUT2D eigenvalue weighted by Crippen LogP contribution is 2.33. The summed E-state index contributed by atoms with van der Waals surface area (Å²) < 4.78 is 41.2. The van der Waals surface area contributed by atoms with Crippen LogP contribution in [0.25, 0.3) is 0 Å². The molecule has 8 heteroatoms. The lowest BCUT2D eigenvalue weighted by Crippen LogP contribution is -2.38. The lowest BCUT2D eigenvalue weighted by Gasteiger charge is -2.29. The van der Waals surface area contributed by atoms with E-state index < -0.39 is 10.0 Å². The van der Waals surface area contributed by atoms with Crippen molar-refractivity contribution in [2.75, 3.05) is 13.2 Å². The summed E-state index contributed by atoms with van der Waals surface area (Å²) in [5, 5.41) is 4.38. The van der Waals surface area contributed by atoms with Crippen LogP contribution >= 0.6 is 0 Å². The molecule has 26 heavy (non-hydrogen) atoms. The Bertz CT molecular complexity index is 886. The molecule has 1 N–H and O–H groups in total. The lowest BCUT2D eigenvalue weighted by molar-refractivity contribution is 0.171. The second-order valence-electron chi connectivity index (χ2n) is 6.93. The predicted molar refractivity (Wildman–Crippen MR) is 96.0 cm³/mol. The standard InChI is InChI=1S/C18H23N3O4S/c1-13-11-19-21(12-13)15-4-2-14(3-5-15)20-26(22,23)16-6-7-17-18(10-16)25-9-8-24-17/h6-7,10-12,14-15,20H,2-5,8-9H2,1H3. The summed E-state index contributed by atoms with van der Waals surface area (Å²) in [6, 6.07) is 5.04. The van der Waals surface area contributed by atoms with Gasteiger partial charge in [-0.15, -0.1) is 0 Å². The second-order valence-corrected chi connectivity index (χ2v) is 8.64. The van der Waals surface area contributed by atoms with Gasteiger partial charge in [-0.05, 0) is 50.3 Å². The molecule has 2 aromatic rings. The molecule has 7 nitrogen and oxygen atoms in total. The largest absolute Gasteiger partial charge is 0.486 e. The molecule has 1 aromatic heterocycles. The first kappa shape index (κ1) is 17.4. The Labute approximate surface area is 153 Å². The van der Waals surface area contributed by atoms with E-state index in [1.165, 1.54) is 6.07 Å². The van der Waals surface area contributed by atoms with Gasteiger partial charge >= 0.3 is 0 Å². The predicted octanol–water partition coefficient (Wildman–Crippen LogP) is 2.42. The van der Waals surface area contributed by atoms with Crippen molar-refractivity contribution in [1.29, 1.82) is 0 Å². The van der Waals surface area contributed by atoms with Gasteiger partial charge in [-0.1, -0.05) is 0 Å². The van der Waals surface area contributed by atoms with E-state index in [2.05, 4.69) is 9.82 Å². The summed E-state index contributed by atoms with van der Waals surface area (Å²) in [4.78, 5) is 0.214. The fraction of sp³-hybridized carbons (Fsp3) is 0.500. The van der Waals surface area contributed by atoms with Crippen molar-refractivity contribution in [2.24, 2.45) is 0 Å². The minimum Gasteiger partial charge on any atom is -0.486 e. The van der Waals surface area contributed by atoms with E-state index in [0.717, 1.165) is 31.2 Å². The van der Waals surface area contributed by atoms with E-state index in [-0.39, 0.29) is 10.9 Å². The van der Waals surface area contributed by atoms with Gasteiger partial charge < -0.3 is 9.47 Å². The lowest BCUT2D eigenvalue weighted by atomic mass is 9.92. The van der Waals surface area contributed by atoms with Gasteiger partial charge in [0.1, 0.15) is 13.2 Å². The first-order chi connectivity index (χ1) is 12.5. The van der Waals surface area contributed by atoms with Gasteiger partial charge in [0.2, 0.25) is 10.0 Å². The fourth-order valence-corrected chi connectivity index (χ4v) is 4.89. The molecule has 2 heterocycles. The molecule has 1 fully saturated rings. The molecule has 1 aromatic carbocycles. The summed E-state index contributed by atoms with van der Waals surface area (Å²) >= 11 is 0. The van der Waals surface area contributed by atoms with Crippen molar-refractivity contribution >= 4 is 10.0 Å². The number of sulfonamides is 1. The number of fused-ring (bicyclic) bond motifs is 1. The van der Waals surface area contributed by atoms with Crippen LogP contribution in [0.15, 0.2) is 35.5 Å². The summed E-state index contributed by atoms with van der Waals surface area (Å²) in [5.74, 6) is 1.07. The molecule has 0 radical (unpaired) electrons. The van der Waals surface area contributed by atoms with E-state index in [0.29, 0.717) is 30.8 Å². The highest BCUT2D eigenvalue weighted by Gasteiger charge is 2.27. The highest BCUT2D eigenvalue weighted by molar-refractivity contribution is 7.89. The zero-order valence-electron chi connectivity index (χ0n) is 14.7. The maximum Gasteiger partial charge on any atom is 0.240 e. The van der Waals surface area contributed by atoms with Crippen LogP contribution in [0.3, 0.4) is 0 Å². The third-order valence-electron chi connectivity index (χ3n) is 4.95. The number of rotatable bonds is 4. The second kappa shape index (κ2) is 6.92. The monoisotopic (exact) mass is 377 g/mol. The van der Waals surface area contributed by atoms with E-state index >= 15 is 0 Å². The number of benzene rings is 1. The molecule has 140 valence electrons. The number of nitrogens with one attached hydrogen (secondary N) is 1. The van der Waals surface area contributed by atoms with Crippen LogP contribution in [-0.4, -0.2) is 37.5 Å². The zero-order valence-corrected chi connectivity index (χ0v) is 15.5. The smallest absolute Gasteiger partial charge is 0.240 e. The van der Waals surface area contributed by atoms with Crippen LogP contribution in [0, 0.1) is 6.92 Å². The highest BCUT2D eigenvalue weighted by atomic mass is 32.2. The zero-order chi connectivity index (χ0) is 18.1. The normalized spacial score (nSPS) is 23.0. The van der Waals surface area contributed by atoms with Crippen LogP contribution in [0.4, 0.5) is 0 Å². The van der Waals surface area contributed by atoms with Crippen molar-refractivity contribution in [3.63, 3.8) is 0 Å². The molecule has 2 aliphatic rings. The molecule has 1 saturated carbocycles. The van der Waals surface area contributed by atoms with Crippen LogP contribution in [0.1, 0.15) is 37.3 Å². The first-order valence-electron chi connectivity index (χ1n) is 8.94. The molecular weight excluding hydrogens is 354 g/mol. The van der Waals surface area contributed by atoms with E-state index in [9.17, 15) is 8.42 Å². The summed E-state index contributed by atoms with van der Waals surface area (Å²) in [7, 11) is -3.58. The number of aryl methyl sites for hydroxylation is 1. The maximum atomic E-state index is 12.7. The molecule has 4 rings (SSSR count). The Hall–Kier alpha value is -2.06. The van der Waals surface area contributed by atoms with Crippen LogP contribution < -0.4 is 14.2 Å². The first-order valence-corrected chi connectivity index (χ1v) is 10.4. The number of hydrogen-bond donors (Lipinski definition) is 1. The van der Waals surface area contributed by atoms with Crippen molar-refractivity contribution in [3.8, 4) is 11.5 Å². The van der Waals surface area contributed by atoms with Crippen molar-refractivity contribution < 1.29 is 17.9 Å². The van der Waals surface area contributed by atoms with E-state index in [1.54, 1.807) is 12.1 Å². The van der Waals surface area contributed by atoms with Gasteiger partial charge in [0.15, 0.2) is 11.5 Å². The summed E-state index contributed by atoms with van der Waals surface area (Å²) in [6.45, 7) is 2.94. The van der Waals surface area contributed by atoms with Gasteiger partial charge in [-0.2, -0.15) is 5.10 Å². The van der Waals surface area contributed by atoms with Gasteiger partial charge in [0.25, 0.3) is 0 Å². The summed E-state index contributed by atoms with van der Waals surface area (Å²) in [6.07, 6.45) is 7.33. The molecule has 0 atom stereocenters. The Balaban J connectivity index is 1.41. The van der Waals surface area contributed by atoms with Crippen molar-refractivity contribution in [3.05, 3.63) is 36.2 Å². The van der Waals surface area contributed by atoms with Crippen molar-refractivity contribution in [1.82, 2.24) is 14.5 Å². The molecule has 1 aliphatic heterocycles. The maximum absolute atomic E-state index is 12.7. The third kappa shape index (κ3) is 3.57. The topological polar surface area (TPSA) is 82.5 Å².